The number of nitrogens with zero attached hydrogens (tertiary/aromatic N) is 1. The molecule has 0 aliphatic carbocycles. The molecule has 0 heterocycles. The molecule has 0 spiro atoms. The average molecular weight is 298 g/mol. The van der Waals surface area contributed by atoms with E-state index in [1.165, 1.54) is 24.3 Å². The fourth-order valence-corrected chi connectivity index (χ4v) is 1.77. The first-order valence-electron chi connectivity index (χ1n) is 6.50. The summed E-state index contributed by atoms with van der Waals surface area (Å²) in [6, 6.07) is 12.4. The molecule has 0 aromatic heterocycles. The summed E-state index contributed by atoms with van der Waals surface area (Å²) >= 11 is 0. The molecule has 0 unspecified atom stereocenters. The number of carbonyl (C=O) groups is 1. The van der Waals surface area contributed by atoms with Gasteiger partial charge in [-0.15, -0.1) is 0 Å². The molecule has 1 amide bonds. The van der Waals surface area contributed by atoms with Gasteiger partial charge in [0.2, 0.25) is 0 Å². The van der Waals surface area contributed by atoms with Gasteiger partial charge in [-0.25, -0.2) is 0 Å². The summed E-state index contributed by atoms with van der Waals surface area (Å²) in [6.45, 7) is 3.89. The first-order valence-corrected chi connectivity index (χ1v) is 6.50. The highest BCUT2D eigenvalue weighted by Gasteiger charge is 2.11. The molecule has 0 aliphatic rings. The Balaban J connectivity index is 2.14. The highest BCUT2D eigenvalue weighted by atomic mass is 16.6. The zero-order valence-corrected chi connectivity index (χ0v) is 11.7. The van der Waals surface area contributed by atoms with Gasteiger partial charge in [0.05, 0.1) is 10.6 Å². The summed E-state index contributed by atoms with van der Waals surface area (Å²) in [5, 5.41) is 13.3. The van der Waals surface area contributed by atoms with Crippen molar-refractivity contribution in [2.24, 2.45) is 0 Å². The Hall–Kier alpha value is -3.15. The van der Waals surface area contributed by atoms with Gasteiger partial charge in [-0.1, -0.05) is 24.8 Å². The van der Waals surface area contributed by atoms with Crippen LogP contribution in [0.1, 0.15) is 10.4 Å². The number of nitro benzene ring substituents is 1. The molecule has 6 nitrogen and oxygen atoms in total. The molecule has 2 rings (SSSR count). The number of non-ortho nitro benzene ring substituents is 1. The number of para-hydroxylation sites is 2. The zero-order valence-electron chi connectivity index (χ0n) is 11.7. The maximum atomic E-state index is 12.2. The van der Waals surface area contributed by atoms with Crippen LogP contribution in [0.25, 0.3) is 0 Å². The quantitative estimate of drug-likeness (QED) is 0.503. The van der Waals surface area contributed by atoms with E-state index in [0.29, 0.717) is 23.6 Å². The number of nitro groups is 1. The maximum absolute atomic E-state index is 12.2. The van der Waals surface area contributed by atoms with Crippen molar-refractivity contribution < 1.29 is 14.5 Å². The van der Waals surface area contributed by atoms with Gasteiger partial charge >= 0.3 is 0 Å². The molecular weight excluding hydrogens is 284 g/mol. The fourth-order valence-electron chi connectivity index (χ4n) is 1.77. The van der Waals surface area contributed by atoms with Gasteiger partial charge in [0.1, 0.15) is 12.4 Å². The second-order valence-corrected chi connectivity index (χ2v) is 4.35. The molecule has 112 valence electrons. The number of rotatable bonds is 6. The minimum absolute atomic E-state index is 0.0636. The lowest BCUT2D eigenvalue weighted by atomic mass is 10.2. The molecule has 0 saturated carbocycles. The van der Waals surface area contributed by atoms with Gasteiger partial charge in [-0.3, -0.25) is 14.9 Å². The van der Waals surface area contributed by atoms with Crippen LogP contribution in [-0.4, -0.2) is 17.4 Å². The smallest absolute Gasteiger partial charge is 0.269 e. The third-order valence-electron chi connectivity index (χ3n) is 2.83. The first kappa shape index (κ1) is 15.2. The lowest BCUT2D eigenvalue weighted by molar-refractivity contribution is -0.384. The van der Waals surface area contributed by atoms with Crippen LogP contribution in [0.5, 0.6) is 5.75 Å². The van der Waals surface area contributed by atoms with Gasteiger partial charge < -0.3 is 10.1 Å². The molecule has 0 radical (unpaired) electrons. The Labute approximate surface area is 127 Å². The van der Waals surface area contributed by atoms with Crippen LogP contribution in [0.4, 0.5) is 11.4 Å². The van der Waals surface area contributed by atoms with Gasteiger partial charge in [0.25, 0.3) is 11.6 Å². The second-order valence-electron chi connectivity index (χ2n) is 4.35. The number of anilines is 1. The summed E-state index contributed by atoms with van der Waals surface area (Å²) < 4.78 is 5.45. The summed E-state index contributed by atoms with van der Waals surface area (Å²) in [4.78, 5) is 22.2. The molecule has 0 aliphatic heterocycles. The molecule has 0 atom stereocenters. The number of nitrogens with one attached hydrogen (secondary N) is 1. The Kier molecular flexibility index (Phi) is 4.87. The van der Waals surface area contributed by atoms with Crippen molar-refractivity contribution in [3.05, 3.63) is 76.9 Å². The van der Waals surface area contributed by atoms with Crippen molar-refractivity contribution in [2.75, 3.05) is 11.9 Å². The zero-order chi connectivity index (χ0) is 15.9. The fraction of sp³-hybridized carbons (Fsp3) is 0.0625. The van der Waals surface area contributed by atoms with E-state index in [0.717, 1.165) is 0 Å². The predicted octanol–water partition coefficient (Wildman–Crippen LogP) is 3.41. The van der Waals surface area contributed by atoms with Crippen molar-refractivity contribution in [3.63, 3.8) is 0 Å². The Bertz CT molecular complexity index is 696. The van der Waals surface area contributed by atoms with Crippen LogP contribution in [0, 0.1) is 10.1 Å². The molecule has 2 aromatic rings. The molecule has 2 aromatic carbocycles. The lowest BCUT2D eigenvalue weighted by Gasteiger charge is -2.11. The van der Waals surface area contributed by atoms with Crippen LogP contribution >= 0.6 is 0 Å². The molecule has 0 saturated heterocycles. The molecule has 6 heteroatoms. The summed E-state index contributed by atoms with van der Waals surface area (Å²) in [6.07, 6.45) is 1.61. The first-order chi connectivity index (χ1) is 10.6. The average Bonchev–Trinajstić information content (AvgIpc) is 2.54. The Morgan fingerprint density at radius 3 is 2.55 bits per heavy atom. The van der Waals surface area contributed by atoms with Crippen LogP contribution in [0.3, 0.4) is 0 Å². The van der Waals surface area contributed by atoms with Crippen LogP contribution < -0.4 is 10.1 Å². The number of hydrogen-bond acceptors (Lipinski definition) is 4. The number of amides is 1. The molecule has 1 N–H and O–H groups in total. The largest absolute Gasteiger partial charge is 0.487 e. The van der Waals surface area contributed by atoms with Gasteiger partial charge in [-0.2, -0.15) is 0 Å². The second kappa shape index (κ2) is 7.03. The molecule has 0 fully saturated rings. The van der Waals surface area contributed by atoms with E-state index < -0.39 is 4.92 Å². The summed E-state index contributed by atoms with van der Waals surface area (Å²) in [5.41, 5.74) is 0.781. The maximum Gasteiger partial charge on any atom is 0.269 e. The number of hydrogen-bond donors (Lipinski definition) is 1. The van der Waals surface area contributed by atoms with Crippen LogP contribution in [0.2, 0.25) is 0 Å². The topological polar surface area (TPSA) is 81.5 Å². The van der Waals surface area contributed by atoms with E-state index in [1.54, 1.807) is 30.3 Å². The Morgan fingerprint density at radius 2 is 1.91 bits per heavy atom. The summed E-state index contributed by atoms with van der Waals surface area (Å²) in [7, 11) is 0. The van der Waals surface area contributed by atoms with Crippen molar-refractivity contribution in [1.29, 1.82) is 0 Å². The molecule has 0 bridgehead atoms. The monoisotopic (exact) mass is 298 g/mol. The van der Waals surface area contributed by atoms with E-state index in [-0.39, 0.29) is 11.6 Å². The van der Waals surface area contributed by atoms with Crippen molar-refractivity contribution >= 4 is 17.3 Å². The van der Waals surface area contributed by atoms with Gasteiger partial charge in [0, 0.05) is 17.7 Å². The normalized spacial score (nSPS) is 9.82. The standard InChI is InChI=1S/C16H14N2O4/c1-2-11-22-15-6-4-3-5-14(15)17-16(19)12-7-9-13(10-8-12)18(20)21/h2-10H,1,11H2,(H,17,19). The number of carbonyl (C=O) groups excluding carboxylic acids is 1. The third-order valence-corrected chi connectivity index (χ3v) is 2.83. The van der Waals surface area contributed by atoms with Gasteiger partial charge in [-0.05, 0) is 24.3 Å². The van der Waals surface area contributed by atoms with E-state index in [9.17, 15) is 14.9 Å². The third kappa shape index (κ3) is 3.69. The van der Waals surface area contributed by atoms with Crippen LogP contribution in [-0.2, 0) is 0 Å². The SMILES string of the molecule is C=CCOc1ccccc1NC(=O)c1ccc([N+](=O)[O-])cc1. The minimum atomic E-state index is -0.514. The van der Waals surface area contributed by atoms with Gasteiger partial charge in [0.15, 0.2) is 0 Å². The minimum Gasteiger partial charge on any atom is -0.487 e. The highest BCUT2D eigenvalue weighted by Crippen LogP contribution is 2.24. The predicted molar refractivity (Wildman–Crippen MR) is 83.2 cm³/mol. The van der Waals surface area contributed by atoms with Crippen molar-refractivity contribution in [2.45, 2.75) is 0 Å². The van der Waals surface area contributed by atoms with E-state index in [1.807, 2.05) is 0 Å². The molecule has 22 heavy (non-hydrogen) atoms. The number of benzene rings is 2. The lowest BCUT2D eigenvalue weighted by Crippen LogP contribution is -2.13. The Morgan fingerprint density at radius 1 is 1.23 bits per heavy atom. The summed E-state index contributed by atoms with van der Waals surface area (Å²) in [5.74, 6) is 0.155. The molecular formula is C16H14N2O4. The van der Waals surface area contributed by atoms with E-state index >= 15 is 0 Å². The van der Waals surface area contributed by atoms with Crippen molar-refractivity contribution in [3.8, 4) is 5.75 Å². The van der Waals surface area contributed by atoms with Crippen LogP contribution in [0.15, 0.2) is 61.2 Å². The van der Waals surface area contributed by atoms with E-state index in [4.69, 9.17) is 4.74 Å². The van der Waals surface area contributed by atoms with Crippen molar-refractivity contribution in [1.82, 2.24) is 0 Å². The van der Waals surface area contributed by atoms with E-state index in [2.05, 4.69) is 11.9 Å². The number of ether oxygens (including phenoxy) is 1. The highest BCUT2D eigenvalue weighted by molar-refractivity contribution is 6.05.